The Morgan fingerprint density at radius 1 is 1.04 bits per heavy atom. The minimum atomic E-state index is -0.401. The van der Waals surface area contributed by atoms with Gasteiger partial charge in [-0.2, -0.15) is 0 Å². The Bertz CT molecular complexity index is 1020. The minimum absolute atomic E-state index is 0.0603. The van der Waals surface area contributed by atoms with Crippen molar-refractivity contribution in [1.82, 2.24) is 0 Å². The number of halogens is 1. The van der Waals surface area contributed by atoms with Gasteiger partial charge in [0, 0.05) is 17.3 Å². The molecule has 0 spiro atoms. The molecule has 3 aromatic rings. The lowest BCUT2D eigenvalue weighted by atomic mass is 10.1. The number of fused-ring (bicyclic) bond motifs is 1. The van der Waals surface area contributed by atoms with E-state index in [1.165, 1.54) is 24.3 Å². The standard InChI is InChI=1S/C22H17FN2O3/c23-17-8-6-16(7-9-17)22(27)24-18-10-11-19-20(12-18)28-14-21(26)25(19)13-15-4-2-1-3-5-15/h1-12H,13-14H2,(H,24,27). The normalized spacial score (nSPS) is 12.9. The fourth-order valence-electron chi connectivity index (χ4n) is 3.03. The number of amides is 2. The highest BCUT2D eigenvalue weighted by Crippen LogP contribution is 2.35. The third-order valence-corrected chi connectivity index (χ3v) is 4.45. The first-order valence-electron chi connectivity index (χ1n) is 8.78. The summed E-state index contributed by atoms with van der Waals surface area (Å²) in [6.45, 7) is 0.381. The van der Waals surface area contributed by atoms with E-state index in [1.54, 1.807) is 23.1 Å². The monoisotopic (exact) mass is 376 g/mol. The maximum atomic E-state index is 13.0. The number of carbonyl (C=O) groups is 2. The molecule has 3 aromatic carbocycles. The third kappa shape index (κ3) is 3.71. The number of anilines is 2. The van der Waals surface area contributed by atoms with E-state index >= 15 is 0 Å². The van der Waals surface area contributed by atoms with Gasteiger partial charge in [-0.3, -0.25) is 9.59 Å². The van der Waals surface area contributed by atoms with Crippen molar-refractivity contribution in [2.45, 2.75) is 6.54 Å². The van der Waals surface area contributed by atoms with Gasteiger partial charge in [-0.1, -0.05) is 30.3 Å². The summed E-state index contributed by atoms with van der Waals surface area (Å²) < 4.78 is 18.6. The van der Waals surface area contributed by atoms with Crippen molar-refractivity contribution in [3.8, 4) is 5.75 Å². The minimum Gasteiger partial charge on any atom is -0.481 e. The molecule has 4 rings (SSSR count). The Morgan fingerprint density at radius 3 is 2.54 bits per heavy atom. The molecule has 0 atom stereocenters. The lowest BCUT2D eigenvalue weighted by Gasteiger charge is -2.29. The Kier molecular flexibility index (Phi) is 4.76. The van der Waals surface area contributed by atoms with Gasteiger partial charge in [-0.05, 0) is 42.0 Å². The average Bonchev–Trinajstić information content (AvgIpc) is 2.71. The Labute approximate surface area is 161 Å². The van der Waals surface area contributed by atoms with Crippen molar-refractivity contribution in [2.75, 3.05) is 16.8 Å². The van der Waals surface area contributed by atoms with Gasteiger partial charge >= 0.3 is 0 Å². The maximum Gasteiger partial charge on any atom is 0.265 e. The molecule has 6 heteroatoms. The van der Waals surface area contributed by atoms with Crippen LogP contribution in [0.5, 0.6) is 5.75 Å². The highest BCUT2D eigenvalue weighted by Gasteiger charge is 2.26. The number of nitrogens with one attached hydrogen (secondary N) is 1. The second-order valence-electron chi connectivity index (χ2n) is 6.40. The summed E-state index contributed by atoms with van der Waals surface area (Å²) in [6.07, 6.45) is 0. The molecular formula is C22H17FN2O3. The number of hydrogen-bond donors (Lipinski definition) is 1. The SMILES string of the molecule is O=C(Nc1ccc2c(c1)OCC(=O)N2Cc1ccccc1)c1ccc(F)cc1. The number of nitrogens with zero attached hydrogens (tertiary/aromatic N) is 1. The summed E-state index contributed by atoms with van der Waals surface area (Å²) in [4.78, 5) is 26.3. The fourth-order valence-corrected chi connectivity index (χ4v) is 3.03. The van der Waals surface area contributed by atoms with Crippen LogP contribution in [0.2, 0.25) is 0 Å². The van der Waals surface area contributed by atoms with Crippen LogP contribution >= 0.6 is 0 Å². The Morgan fingerprint density at radius 2 is 1.79 bits per heavy atom. The van der Waals surface area contributed by atoms with Gasteiger partial charge in [0.25, 0.3) is 11.8 Å². The van der Waals surface area contributed by atoms with E-state index < -0.39 is 5.82 Å². The van der Waals surface area contributed by atoms with Gasteiger partial charge in [0.15, 0.2) is 6.61 Å². The molecule has 0 bridgehead atoms. The molecule has 1 heterocycles. The summed E-state index contributed by atoms with van der Waals surface area (Å²) in [5, 5.41) is 2.76. The number of ether oxygens (including phenoxy) is 1. The molecule has 28 heavy (non-hydrogen) atoms. The third-order valence-electron chi connectivity index (χ3n) is 4.45. The summed E-state index contributed by atoms with van der Waals surface area (Å²) in [6, 6.07) is 20.1. The molecule has 5 nitrogen and oxygen atoms in total. The van der Waals surface area contributed by atoms with Crippen LogP contribution in [0.3, 0.4) is 0 Å². The number of rotatable bonds is 4. The van der Waals surface area contributed by atoms with Gasteiger partial charge in [-0.15, -0.1) is 0 Å². The summed E-state index contributed by atoms with van der Waals surface area (Å²) in [5.74, 6) is -0.359. The molecule has 1 N–H and O–H groups in total. The smallest absolute Gasteiger partial charge is 0.265 e. The molecule has 0 aliphatic carbocycles. The van der Waals surface area contributed by atoms with Gasteiger partial charge in [0.05, 0.1) is 12.2 Å². The molecule has 0 aromatic heterocycles. The summed E-state index contributed by atoms with van der Waals surface area (Å²) >= 11 is 0. The van der Waals surface area contributed by atoms with Crippen molar-refractivity contribution < 1.29 is 18.7 Å². The molecule has 0 unspecified atom stereocenters. The number of benzene rings is 3. The lowest BCUT2D eigenvalue weighted by Crippen LogP contribution is -2.38. The van der Waals surface area contributed by atoms with Crippen molar-refractivity contribution in [3.63, 3.8) is 0 Å². The zero-order valence-electron chi connectivity index (χ0n) is 14.9. The zero-order chi connectivity index (χ0) is 19.5. The van der Waals surface area contributed by atoms with E-state index in [9.17, 15) is 14.0 Å². The molecule has 0 radical (unpaired) electrons. The largest absolute Gasteiger partial charge is 0.481 e. The maximum absolute atomic E-state index is 13.0. The van der Waals surface area contributed by atoms with Crippen LogP contribution in [0.25, 0.3) is 0 Å². The Balaban J connectivity index is 1.55. The van der Waals surface area contributed by atoms with Gasteiger partial charge in [0.2, 0.25) is 0 Å². The second-order valence-corrected chi connectivity index (χ2v) is 6.40. The van der Waals surface area contributed by atoms with Gasteiger partial charge < -0.3 is 15.0 Å². The van der Waals surface area contributed by atoms with Crippen LogP contribution in [0.15, 0.2) is 72.8 Å². The predicted octanol–water partition coefficient (Wildman–Crippen LogP) is 4.00. The van der Waals surface area contributed by atoms with Crippen LogP contribution < -0.4 is 15.0 Å². The first kappa shape index (κ1) is 17.7. The van der Waals surface area contributed by atoms with Crippen LogP contribution in [-0.2, 0) is 11.3 Å². The van der Waals surface area contributed by atoms with Crippen LogP contribution in [-0.4, -0.2) is 18.4 Å². The molecule has 2 amide bonds. The first-order valence-corrected chi connectivity index (χ1v) is 8.78. The number of carbonyl (C=O) groups excluding carboxylic acids is 2. The highest BCUT2D eigenvalue weighted by atomic mass is 19.1. The molecule has 140 valence electrons. The van der Waals surface area contributed by atoms with E-state index in [4.69, 9.17) is 4.74 Å². The van der Waals surface area contributed by atoms with Crippen molar-refractivity contribution >= 4 is 23.2 Å². The quantitative estimate of drug-likeness (QED) is 0.749. The molecule has 0 saturated heterocycles. The topological polar surface area (TPSA) is 58.6 Å². The van der Waals surface area contributed by atoms with Gasteiger partial charge in [-0.25, -0.2) is 4.39 Å². The molecular weight excluding hydrogens is 359 g/mol. The van der Waals surface area contributed by atoms with Crippen LogP contribution in [0, 0.1) is 5.82 Å². The van der Waals surface area contributed by atoms with Crippen molar-refractivity contribution in [1.29, 1.82) is 0 Å². The summed E-state index contributed by atoms with van der Waals surface area (Å²) in [7, 11) is 0. The number of hydrogen-bond acceptors (Lipinski definition) is 3. The van der Waals surface area contributed by atoms with E-state index in [0.29, 0.717) is 29.2 Å². The van der Waals surface area contributed by atoms with Gasteiger partial charge in [0.1, 0.15) is 11.6 Å². The van der Waals surface area contributed by atoms with Crippen LogP contribution in [0.1, 0.15) is 15.9 Å². The van der Waals surface area contributed by atoms with Crippen LogP contribution in [0.4, 0.5) is 15.8 Å². The summed E-state index contributed by atoms with van der Waals surface area (Å²) in [5.41, 5.74) is 2.54. The lowest BCUT2D eigenvalue weighted by molar-refractivity contribution is -0.121. The Hall–Kier alpha value is -3.67. The van der Waals surface area contributed by atoms with Crippen molar-refractivity contribution in [2.24, 2.45) is 0 Å². The average molecular weight is 376 g/mol. The molecule has 0 saturated carbocycles. The fraction of sp³-hybridized carbons (Fsp3) is 0.0909. The molecule has 1 aliphatic rings. The second kappa shape index (κ2) is 7.52. The van der Waals surface area contributed by atoms with E-state index in [1.807, 2.05) is 30.3 Å². The molecule has 0 fully saturated rings. The predicted molar refractivity (Wildman–Crippen MR) is 104 cm³/mol. The highest BCUT2D eigenvalue weighted by molar-refractivity contribution is 6.05. The molecule has 1 aliphatic heterocycles. The zero-order valence-corrected chi connectivity index (χ0v) is 14.9. The van der Waals surface area contributed by atoms with E-state index in [2.05, 4.69) is 5.32 Å². The van der Waals surface area contributed by atoms with E-state index in [0.717, 1.165) is 5.56 Å². The first-order chi connectivity index (χ1) is 13.6. The van der Waals surface area contributed by atoms with E-state index in [-0.39, 0.29) is 18.4 Å². The van der Waals surface area contributed by atoms with Crippen molar-refractivity contribution in [3.05, 3.63) is 89.7 Å².